The minimum atomic E-state index is -4.20. The van der Waals surface area contributed by atoms with E-state index in [0.29, 0.717) is 12.8 Å². The fourth-order valence-electron chi connectivity index (χ4n) is 7.92. The van der Waals surface area contributed by atoms with Crippen LogP contribution in [-0.2, 0) is 12.8 Å². The fourth-order valence-corrected chi connectivity index (χ4v) is 13.6. The molecule has 7 rings (SSSR count). The van der Waals surface area contributed by atoms with E-state index in [9.17, 15) is 10.2 Å². The SMILES string of the molecule is Cc1ccc(P(Oc2c(Cc3cc(C)ccc3O)cc(C)cc2Cc2cc(C)ccc2O)(c2ccccc2)(c2ccc(C)cc2)c2ccc(C)cc2)cc1. The molecule has 0 unspecified atom stereocenters. The van der Waals surface area contributed by atoms with Crippen molar-refractivity contribution in [3.63, 3.8) is 0 Å². The Morgan fingerprint density at radius 3 is 1.09 bits per heavy atom. The summed E-state index contributed by atoms with van der Waals surface area (Å²) in [6.07, 6.45) is 0.905. The van der Waals surface area contributed by atoms with Crippen molar-refractivity contribution < 1.29 is 14.7 Å². The summed E-state index contributed by atoms with van der Waals surface area (Å²) in [7, 11) is 0. The van der Waals surface area contributed by atoms with Crippen molar-refractivity contribution in [3.8, 4) is 17.2 Å². The van der Waals surface area contributed by atoms with Crippen LogP contribution < -0.4 is 25.7 Å². The van der Waals surface area contributed by atoms with Crippen LogP contribution in [0.2, 0.25) is 0 Å². The van der Waals surface area contributed by atoms with Crippen molar-refractivity contribution in [2.45, 2.75) is 54.4 Å². The van der Waals surface area contributed by atoms with Gasteiger partial charge < -0.3 is 0 Å². The van der Waals surface area contributed by atoms with Gasteiger partial charge in [0.2, 0.25) is 0 Å². The quantitative estimate of drug-likeness (QED) is 0.138. The maximum absolute atomic E-state index is 11.2. The number of aromatic hydroxyl groups is 2. The summed E-state index contributed by atoms with van der Waals surface area (Å²) in [5, 5.41) is 26.8. The maximum atomic E-state index is 11.2. The van der Waals surface area contributed by atoms with E-state index in [2.05, 4.69) is 169 Å². The average molecular weight is 729 g/mol. The number of hydrogen-bond acceptors (Lipinski definition) is 3. The standard InChI is InChI=1S/C50H49O3P/c1-34-12-20-45(21-13-34)54(44-10-8-7-9-11-44,46-22-14-35(2)15-23-46,47-24-16-36(3)17-25-47)53-50-42(32-40-28-37(4)18-26-48(40)51)30-39(6)31-43(50)33-41-29-38(5)19-27-49(41)52/h7-31,51-52H,32-33H2,1-6H3. The molecule has 2 N–H and O–H groups in total. The summed E-state index contributed by atoms with van der Waals surface area (Å²) in [6.45, 7) is 8.39. The number of phenolic OH excluding ortho intramolecular Hbond substituents is 2. The van der Waals surface area contributed by atoms with Crippen LogP contribution in [0.4, 0.5) is 0 Å². The zero-order valence-corrected chi connectivity index (χ0v) is 33.0. The molecule has 0 aliphatic heterocycles. The van der Waals surface area contributed by atoms with Gasteiger partial charge in [0, 0.05) is 0 Å². The summed E-state index contributed by atoms with van der Waals surface area (Å²) in [5.74, 6) is 1.26. The Morgan fingerprint density at radius 1 is 0.370 bits per heavy atom. The van der Waals surface area contributed by atoms with Gasteiger partial charge in [0.1, 0.15) is 0 Å². The first-order chi connectivity index (χ1) is 26.0. The predicted molar refractivity (Wildman–Crippen MR) is 229 cm³/mol. The molecule has 4 heteroatoms. The number of hydrogen-bond donors (Lipinski definition) is 2. The monoisotopic (exact) mass is 728 g/mol. The second-order valence-electron chi connectivity index (χ2n) is 15.0. The first-order valence-electron chi connectivity index (χ1n) is 18.6. The van der Waals surface area contributed by atoms with Crippen molar-refractivity contribution in [1.82, 2.24) is 0 Å². The molecule has 0 aliphatic carbocycles. The molecule has 0 bridgehead atoms. The van der Waals surface area contributed by atoms with Crippen LogP contribution in [0.15, 0.2) is 152 Å². The summed E-state index contributed by atoms with van der Waals surface area (Å²) in [4.78, 5) is 0. The molecule has 0 saturated carbocycles. The third-order valence-corrected chi connectivity index (χ3v) is 16.4. The molecule has 3 nitrogen and oxygen atoms in total. The molecule has 0 aromatic heterocycles. The van der Waals surface area contributed by atoms with Gasteiger partial charge in [-0.25, -0.2) is 0 Å². The van der Waals surface area contributed by atoms with Crippen LogP contribution in [0.5, 0.6) is 17.2 Å². The van der Waals surface area contributed by atoms with E-state index in [0.717, 1.165) is 82.6 Å². The normalized spacial score (nSPS) is 12.2. The topological polar surface area (TPSA) is 49.7 Å². The molecule has 0 radical (unpaired) electrons. The number of phenols is 2. The first-order valence-corrected chi connectivity index (χ1v) is 20.8. The van der Waals surface area contributed by atoms with Gasteiger partial charge in [0.05, 0.1) is 0 Å². The fraction of sp³-hybridized carbons (Fsp3) is 0.160. The van der Waals surface area contributed by atoms with Crippen LogP contribution in [0.25, 0.3) is 0 Å². The molecule has 7 aromatic carbocycles. The van der Waals surface area contributed by atoms with Crippen molar-refractivity contribution in [2.24, 2.45) is 0 Å². The van der Waals surface area contributed by atoms with Gasteiger partial charge in [-0.1, -0.05) is 0 Å². The molecule has 0 aliphatic rings. The van der Waals surface area contributed by atoms with Gasteiger partial charge in [-0.15, -0.1) is 0 Å². The van der Waals surface area contributed by atoms with Gasteiger partial charge in [0.15, 0.2) is 0 Å². The summed E-state index contributed by atoms with van der Waals surface area (Å²) < 4.78 is 8.42. The third-order valence-electron chi connectivity index (χ3n) is 10.7. The second-order valence-corrected chi connectivity index (χ2v) is 19.3. The predicted octanol–water partition coefficient (Wildman–Crippen LogP) is 10.3. The van der Waals surface area contributed by atoms with Crippen molar-refractivity contribution in [1.29, 1.82) is 0 Å². The molecule has 0 fully saturated rings. The molecule has 0 heterocycles. The summed E-state index contributed by atoms with van der Waals surface area (Å²) >= 11 is 0. The average Bonchev–Trinajstić information content (AvgIpc) is 3.16. The minimum absolute atomic E-state index is 0.252. The van der Waals surface area contributed by atoms with E-state index in [1.807, 2.05) is 12.1 Å². The number of benzene rings is 7. The molecule has 272 valence electrons. The molecule has 0 amide bonds. The van der Waals surface area contributed by atoms with Crippen LogP contribution >= 0.6 is 6.83 Å². The van der Waals surface area contributed by atoms with Gasteiger partial charge >= 0.3 is 322 Å². The molecule has 0 saturated heterocycles. The first kappa shape index (κ1) is 36.7. The number of aryl methyl sites for hydroxylation is 6. The van der Waals surface area contributed by atoms with Gasteiger partial charge in [0.25, 0.3) is 0 Å². The van der Waals surface area contributed by atoms with Crippen molar-refractivity contribution in [3.05, 3.63) is 207 Å². The van der Waals surface area contributed by atoms with E-state index < -0.39 is 6.83 Å². The van der Waals surface area contributed by atoms with E-state index >= 15 is 0 Å². The van der Waals surface area contributed by atoms with Crippen LogP contribution in [0, 0.1) is 41.5 Å². The van der Waals surface area contributed by atoms with E-state index in [1.165, 1.54) is 0 Å². The van der Waals surface area contributed by atoms with Gasteiger partial charge in [-0.05, 0) is 0 Å². The molecule has 0 atom stereocenters. The van der Waals surface area contributed by atoms with Crippen LogP contribution in [0.3, 0.4) is 0 Å². The van der Waals surface area contributed by atoms with Gasteiger partial charge in [-0.3, -0.25) is 0 Å². The van der Waals surface area contributed by atoms with Gasteiger partial charge in [-0.2, -0.15) is 0 Å². The molecular formula is C50H49O3P. The van der Waals surface area contributed by atoms with E-state index in [1.54, 1.807) is 12.1 Å². The molecule has 7 aromatic rings. The number of rotatable bonds is 10. The van der Waals surface area contributed by atoms with Crippen molar-refractivity contribution >= 4 is 28.0 Å². The Morgan fingerprint density at radius 2 is 0.704 bits per heavy atom. The molecule has 0 spiro atoms. The Bertz CT molecular complexity index is 2240. The summed E-state index contributed by atoms with van der Waals surface area (Å²) in [6, 6.07) is 53.4. The molecular weight excluding hydrogens is 680 g/mol. The van der Waals surface area contributed by atoms with E-state index in [-0.39, 0.29) is 11.5 Å². The second kappa shape index (κ2) is 14.7. The van der Waals surface area contributed by atoms with Crippen LogP contribution in [0.1, 0.15) is 55.6 Å². The van der Waals surface area contributed by atoms with Crippen LogP contribution in [-0.4, -0.2) is 10.2 Å². The summed E-state index contributed by atoms with van der Waals surface area (Å²) in [5.41, 5.74) is 10.3. The molecule has 54 heavy (non-hydrogen) atoms. The van der Waals surface area contributed by atoms with Crippen molar-refractivity contribution in [2.75, 3.05) is 0 Å². The Kier molecular flexibility index (Phi) is 9.96. The zero-order valence-electron chi connectivity index (χ0n) is 32.1. The third kappa shape index (κ3) is 6.59. The van der Waals surface area contributed by atoms with E-state index in [4.69, 9.17) is 4.52 Å². The Labute approximate surface area is 320 Å². The zero-order chi connectivity index (χ0) is 38.1. The Balaban J connectivity index is 1.67. The Hall–Kier alpha value is -5.63.